The molecule has 1 unspecified atom stereocenters. The van der Waals surface area contributed by atoms with Gasteiger partial charge in [0.05, 0.1) is 5.92 Å². The maximum Gasteiger partial charge on any atom is 0.407 e. The molecule has 0 aliphatic heterocycles. The van der Waals surface area contributed by atoms with E-state index in [-0.39, 0.29) is 11.9 Å². The van der Waals surface area contributed by atoms with E-state index in [9.17, 15) is 9.59 Å². The number of amides is 1. The zero-order valence-corrected chi connectivity index (χ0v) is 15.3. The maximum absolute atomic E-state index is 11.9. The lowest BCUT2D eigenvalue weighted by atomic mass is 9.78. The lowest BCUT2D eigenvalue weighted by molar-refractivity contribution is -0.138. The maximum atomic E-state index is 11.9. The zero-order valence-electron chi connectivity index (χ0n) is 13.1. The van der Waals surface area contributed by atoms with Crippen LogP contribution >= 0.6 is 23.0 Å². The molecular weight excluding hydrogens is 385 g/mol. The molecule has 1 rings (SSSR count). The molecule has 0 spiro atoms. The topological polar surface area (TPSA) is 64.6 Å². The van der Waals surface area contributed by atoms with Gasteiger partial charge in [-0.15, -0.1) is 0 Å². The molecular formula is C15H26INO4. The minimum Gasteiger partial charge on any atom is -0.444 e. The van der Waals surface area contributed by atoms with Crippen LogP contribution < -0.4 is 5.32 Å². The summed E-state index contributed by atoms with van der Waals surface area (Å²) in [7, 11) is 0. The van der Waals surface area contributed by atoms with E-state index in [1.54, 1.807) is 23.0 Å². The van der Waals surface area contributed by atoms with Gasteiger partial charge in [-0.3, -0.25) is 4.79 Å². The number of ether oxygens (including phenoxy) is 1. The molecule has 1 N–H and O–H groups in total. The summed E-state index contributed by atoms with van der Waals surface area (Å²) >= 11 is 1.65. The molecule has 0 heterocycles. The van der Waals surface area contributed by atoms with Gasteiger partial charge in [0.15, 0.2) is 23.0 Å². The van der Waals surface area contributed by atoms with E-state index in [4.69, 9.17) is 7.80 Å². The first kappa shape index (κ1) is 18.5. The summed E-state index contributed by atoms with van der Waals surface area (Å²) in [4.78, 5) is 23.5. The third-order valence-electron chi connectivity index (χ3n) is 3.72. The van der Waals surface area contributed by atoms with Gasteiger partial charge in [0.25, 0.3) is 0 Å². The second-order valence-corrected chi connectivity index (χ2v) is 7.06. The molecule has 0 aromatic heterocycles. The summed E-state index contributed by atoms with van der Waals surface area (Å²) in [5.41, 5.74) is -0.506. The molecule has 1 aliphatic carbocycles. The highest BCUT2D eigenvalue weighted by Crippen LogP contribution is 2.32. The Morgan fingerprint density at radius 2 is 1.86 bits per heavy atom. The molecule has 5 nitrogen and oxygen atoms in total. The van der Waals surface area contributed by atoms with Crippen LogP contribution in [0.25, 0.3) is 0 Å². The van der Waals surface area contributed by atoms with Crippen molar-refractivity contribution in [2.75, 3.05) is 6.54 Å². The van der Waals surface area contributed by atoms with Crippen LogP contribution in [-0.4, -0.2) is 24.2 Å². The molecule has 1 saturated carbocycles. The molecule has 6 heteroatoms. The third-order valence-corrected chi connectivity index (χ3v) is 4.16. The Balaban J connectivity index is 2.42. The van der Waals surface area contributed by atoms with Crippen molar-refractivity contribution in [3.63, 3.8) is 0 Å². The third kappa shape index (κ3) is 7.33. The summed E-state index contributed by atoms with van der Waals surface area (Å²) in [6.45, 7) is 5.91. The summed E-state index contributed by atoms with van der Waals surface area (Å²) in [6, 6.07) is 0. The van der Waals surface area contributed by atoms with Crippen LogP contribution in [0.1, 0.15) is 59.3 Å². The predicted octanol–water partition coefficient (Wildman–Crippen LogP) is 3.99. The summed E-state index contributed by atoms with van der Waals surface area (Å²) < 4.78 is 10.1. The molecule has 21 heavy (non-hydrogen) atoms. The Bertz CT molecular complexity index is 348. The fourth-order valence-corrected chi connectivity index (χ4v) is 3.11. The van der Waals surface area contributed by atoms with Crippen molar-refractivity contribution in [3.8, 4) is 0 Å². The van der Waals surface area contributed by atoms with Gasteiger partial charge in [0.1, 0.15) is 5.60 Å². The molecule has 0 aromatic carbocycles. The summed E-state index contributed by atoms with van der Waals surface area (Å²) in [5.74, 6) is 0.0760. The molecule has 122 valence electrons. The molecule has 0 bridgehead atoms. The summed E-state index contributed by atoms with van der Waals surface area (Å²) in [6.07, 6.45) is 5.91. The van der Waals surface area contributed by atoms with E-state index in [0.717, 1.165) is 12.8 Å². The van der Waals surface area contributed by atoms with Gasteiger partial charge in [-0.25, -0.2) is 4.79 Å². The second-order valence-electron chi connectivity index (χ2n) is 6.62. The van der Waals surface area contributed by atoms with Crippen LogP contribution in [-0.2, 0) is 12.6 Å². The van der Waals surface area contributed by atoms with E-state index < -0.39 is 11.7 Å². The summed E-state index contributed by atoms with van der Waals surface area (Å²) in [5, 5.41) is 2.72. The Morgan fingerprint density at radius 1 is 1.24 bits per heavy atom. The smallest absolute Gasteiger partial charge is 0.407 e. The van der Waals surface area contributed by atoms with Gasteiger partial charge >= 0.3 is 12.1 Å². The number of rotatable bonds is 5. The predicted molar refractivity (Wildman–Crippen MR) is 89.0 cm³/mol. The van der Waals surface area contributed by atoms with Gasteiger partial charge in [-0.1, -0.05) is 19.3 Å². The molecule has 0 saturated heterocycles. The lowest BCUT2D eigenvalue weighted by Gasteiger charge is -2.28. The monoisotopic (exact) mass is 411 g/mol. The van der Waals surface area contributed by atoms with Gasteiger partial charge in [-0.2, -0.15) is 0 Å². The minimum absolute atomic E-state index is 0.128. The van der Waals surface area contributed by atoms with Crippen molar-refractivity contribution < 1.29 is 17.4 Å². The SMILES string of the molecule is CC(C)(C)OC(=O)NCCC(C(=O)OI)C1CCCCC1. The number of halogens is 1. The molecule has 1 amide bonds. The fraction of sp³-hybridized carbons (Fsp3) is 0.867. The average Bonchev–Trinajstić information content (AvgIpc) is 2.42. The Labute approximate surface area is 141 Å². The van der Waals surface area contributed by atoms with E-state index in [0.29, 0.717) is 18.9 Å². The quantitative estimate of drug-likeness (QED) is 0.695. The van der Waals surface area contributed by atoms with Crippen molar-refractivity contribution in [3.05, 3.63) is 0 Å². The standard InChI is InChI=1S/C15H26INO4/c1-15(2,3)20-14(19)17-10-9-12(13(18)21-16)11-7-5-4-6-8-11/h11-12H,4-10H2,1-3H3,(H,17,19). The van der Waals surface area contributed by atoms with Crippen molar-refractivity contribution in [1.82, 2.24) is 5.32 Å². The van der Waals surface area contributed by atoms with Crippen molar-refractivity contribution in [2.45, 2.75) is 64.9 Å². The highest BCUT2D eigenvalue weighted by Gasteiger charge is 2.30. The van der Waals surface area contributed by atoms with E-state index >= 15 is 0 Å². The van der Waals surface area contributed by atoms with Gasteiger partial charge in [-0.05, 0) is 46.0 Å². The van der Waals surface area contributed by atoms with Crippen LogP contribution in [0.15, 0.2) is 0 Å². The number of carbonyl (C=O) groups is 2. The van der Waals surface area contributed by atoms with Crippen molar-refractivity contribution in [2.24, 2.45) is 11.8 Å². The molecule has 0 radical (unpaired) electrons. The first-order valence-electron chi connectivity index (χ1n) is 7.63. The highest BCUT2D eigenvalue weighted by molar-refractivity contribution is 14.1. The van der Waals surface area contributed by atoms with Crippen LogP contribution in [0, 0.1) is 11.8 Å². The van der Waals surface area contributed by atoms with Gasteiger partial charge < -0.3 is 13.1 Å². The van der Waals surface area contributed by atoms with Gasteiger partial charge in [0.2, 0.25) is 0 Å². The fourth-order valence-electron chi connectivity index (χ4n) is 2.78. The minimum atomic E-state index is -0.506. The second kappa shape index (κ2) is 8.80. The van der Waals surface area contributed by atoms with E-state index in [1.807, 2.05) is 20.8 Å². The normalized spacial score (nSPS) is 17.9. The molecule has 1 fully saturated rings. The zero-order chi connectivity index (χ0) is 15.9. The van der Waals surface area contributed by atoms with Crippen LogP contribution in [0.5, 0.6) is 0 Å². The number of hydrogen-bond acceptors (Lipinski definition) is 4. The molecule has 1 aliphatic rings. The average molecular weight is 411 g/mol. The number of hydrogen-bond donors (Lipinski definition) is 1. The largest absolute Gasteiger partial charge is 0.444 e. The first-order chi connectivity index (χ1) is 9.83. The number of nitrogens with one attached hydrogen (secondary N) is 1. The van der Waals surface area contributed by atoms with Crippen LogP contribution in [0.2, 0.25) is 0 Å². The first-order valence-corrected chi connectivity index (χ1v) is 8.51. The number of carbonyl (C=O) groups excluding carboxylic acids is 2. The van der Waals surface area contributed by atoms with Crippen LogP contribution in [0.3, 0.4) is 0 Å². The van der Waals surface area contributed by atoms with Crippen molar-refractivity contribution >= 4 is 35.1 Å². The number of alkyl carbamates (subject to hydrolysis) is 1. The van der Waals surface area contributed by atoms with E-state index in [1.165, 1.54) is 19.3 Å². The van der Waals surface area contributed by atoms with Gasteiger partial charge in [0, 0.05) is 6.54 Å². The van der Waals surface area contributed by atoms with Crippen molar-refractivity contribution in [1.29, 1.82) is 0 Å². The Morgan fingerprint density at radius 3 is 2.38 bits per heavy atom. The lowest BCUT2D eigenvalue weighted by Crippen LogP contribution is -2.35. The molecule has 1 atom stereocenters. The Kier molecular flexibility index (Phi) is 7.76. The Hall–Kier alpha value is -0.530. The van der Waals surface area contributed by atoms with E-state index in [2.05, 4.69) is 5.32 Å². The van der Waals surface area contributed by atoms with Crippen LogP contribution in [0.4, 0.5) is 4.79 Å². The molecule has 0 aromatic rings. The highest BCUT2D eigenvalue weighted by atomic mass is 127.